The summed E-state index contributed by atoms with van der Waals surface area (Å²) in [5, 5.41) is 0. The summed E-state index contributed by atoms with van der Waals surface area (Å²) in [6.45, 7) is 3.86. The molecule has 90 valence electrons. The van der Waals surface area contributed by atoms with E-state index in [-0.39, 0.29) is 0 Å². The summed E-state index contributed by atoms with van der Waals surface area (Å²) in [4.78, 5) is 5.12. The van der Waals surface area contributed by atoms with E-state index in [1.807, 2.05) is 36.6 Å². The fraction of sp³-hybridized carbons (Fsp3) is 0.154. The van der Waals surface area contributed by atoms with Crippen LogP contribution in [0.2, 0.25) is 0 Å². The van der Waals surface area contributed by atoms with Crippen LogP contribution in [0.4, 0.5) is 5.82 Å². The monoisotopic (exact) mass is 310 g/mol. The zero-order valence-electron chi connectivity index (χ0n) is 9.69. The van der Waals surface area contributed by atoms with Crippen molar-refractivity contribution >= 4 is 33.5 Å². The number of nitrogens with zero attached hydrogens (tertiary/aromatic N) is 1. The topological polar surface area (TPSA) is 38.9 Å². The third kappa shape index (κ3) is 5.24. The minimum Gasteiger partial charge on any atom is -0.383 e. The molecule has 1 heterocycles. The summed E-state index contributed by atoms with van der Waals surface area (Å²) in [5.41, 5.74) is 6.79. The van der Waals surface area contributed by atoms with Crippen LogP contribution >= 0.6 is 27.7 Å². The first kappa shape index (κ1) is 14.1. The number of hydrogen-bond acceptors (Lipinski definition) is 3. The van der Waals surface area contributed by atoms with Gasteiger partial charge in [-0.1, -0.05) is 24.8 Å². The highest BCUT2D eigenvalue weighted by Crippen LogP contribution is 2.16. The summed E-state index contributed by atoms with van der Waals surface area (Å²) >= 11 is 5.01. The van der Waals surface area contributed by atoms with E-state index in [1.165, 1.54) is 0 Å². The predicted octanol–water partition coefficient (Wildman–Crippen LogP) is 3.96. The van der Waals surface area contributed by atoms with Crippen LogP contribution in [0.1, 0.15) is 5.56 Å². The van der Waals surface area contributed by atoms with E-state index in [2.05, 4.69) is 27.5 Å². The second-order valence-corrected chi connectivity index (χ2v) is 5.21. The molecule has 0 aliphatic carbocycles. The van der Waals surface area contributed by atoms with Crippen molar-refractivity contribution in [3.8, 4) is 0 Å². The number of anilines is 1. The van der Waals surface area contributed by atoms with E-state index in [0.29, 0.717) is 5.82 Å². The van der Waals surface area contributed by atoms with Gasteiger partial charge in [-0.25, -0.2) is 4.98 Å². The molecule has 0 bridgehead atoms. The van der Waals surface area contributed by atoms with Gasteiger partial charge in [0.1, 0.15) is 5.82 Å². The van der Waals surface area contributed by atoms with Crippen LogP contribution < -0.4 is 5.73 Å². The zero-order valence-corrected chi connectivity index (χ0v) is 12.1. The van der Waals surface area contributed by atoms with Crippen LogP contribution in [0.15, 0.2) is 52.5 Å². The molecule has 0 saturated carbocycles. The van der Waals surface area contributed by atoms with Gasteiger partial charge in [-0.2, -0.15) is 0 Å². The van der Waals surface area contributed by atoms with Gasteiger partial charge in [0.25, 0.3) is 0 Å². The summed E-state index contributed by atoms with van der Waals surface area (Å²) in [6, 6.07) is 1.98. The van der Waals surface area contributed by atoms with Crippen molar-refractivity contribution in [3.05, 3.63) is 58.1 Å². The largest absolute Gasteiger partial charge is 0.383 e. The lowest BCUT2D eigenvalue weighted by Crippen LogP contribution is -1.96. The maximum atomic E-state index is 5.77. The second-order valence-electron chi connectivity index (χ2n) is 3.36. The van der Waals surface area contributed by atoms with Crippen molar-refractivity contribution in [2.75, 3.05) is 12.0 Å². The Balaban J connectivity index is 2.55. The molecule has 17 heavy (non-hydrogen) atoms. The number of thioether (sulfide) groups is 1. The van der Waals surface area contributed by atoms with Crippen LogP contribution in [0, 0.1) is 0 Å². The molecule has 0 aromatic carbocycles. The average molecular weight is 311 g/mol. The van der Waals surface area contributed by atoms with Crippen LogP contribution in [0.25, 0.3) is 0 Å². The van der Waals surface area contributed by atoms with Gasteiger partial charge < -0.3 is 5.73 Å². The Morgan fingerprint density at radius 1 is 1.59 bits per heavy atom. The van der Waals surface area contributed by atoms with E-state index < -0.39 is 0 Å². The molecule has 0 spiro atoms. The quantitative estimate of drug-likeness (QED) is 0.837. The fourth-order valence-corrected chi connectivity index (χ4v) is 1.75. The molecular formula is C13H15BrN2S. The molecule has 0 unspecified atom stereocenters. The van der Waals surface area contributed by atoms with Gasteiger partial charge in [-0.05, 0) is 51.2 Å². The molecular weight excluding hydrogens is 296 g/mol. The van der Waals surface area contributed by atoms with Gasteiger partial charge in [0, 0.05) is 10.7 Å². The molecule has 0 atom stereocenters. The summed E-state index contributed by atoms with van der Waals surface area (Å²) in [5.74, 6) is 0.579. The Kier molecular flexibility index (Phi) is 6.08. The molecule has 0 fully saturated rings. The number of rotatable bonds is 5. The minimum absolute atomic E-state index is 0.579. The fourth-order valence-electron chi connectivity index (χ4n) is 1.16. The van der Waals surface area contributed by atoms with E-state index >= 15 is 0 Å². The highest BCUT2D eigenvalue weighted by molar-refractivity contribution is 9.10. The number of halogens is 1. The molecule has 0 radical (unpaired) electrons. The SMILES string of the molecule is C=C(/C=C\C=C/Cc1cc(Br)cnc1N)SC. The zero-order chi connectivity index (χ0) is 12.7. The summed E-state index contributed by atoms with van der Waals surface area (Å²) < 4.78 is 0.946. The third-order valence-corrected chi connectivity index (χ3v) is 3.19. The Hall–Kier alpha value is -1.000. The first-order valence-electron chi connectivity index (χ1n) is 5.09. The van der Waals surface area contributed by atoms with Crippen molar-refractivity contribution in [1.82, 2.24) is 4.98 Å². The molecule has 0 amide bonds. The Morgan fingerprint density at radius 3 is 3.06 bits per heavy atom. The lowest BCUT2D eigenvalue weighted by atomic mass is 10.2. The third-order valence-electron chi connectivity index (χ3n) is 2.10. The molecule has 0 saturated heterocycles. The normalized spacial score (nSPS) is 11.4. The number of pyridine rings is 1. The van der Waals surface area contributed by atoms with Crippen LogP contribution in [0.5, 0.6) is 0 Å². The van der Waals surface area contributed by atoms with Gasteiger partial charge in [0.15, 0.2) is 0 Å². The standard InChI is InChI=1S/C13H15BrN2S/c1-10(17-2)6-4-3-5-7-11-8-12(14)9-16-13(11)15/h3-6,8-9H,1,7H2,2H3,(H2,15,16)/b5-3-,6-4-. The summed E-state index contributed by atoms with van der Waals surface area (Å²) in [7, 11) is 0. The van der Waals surface area contributed by atoms with Crippen molar-refractivity contribution in [2.24, 2.45) is 0 Å². The number of hydrogen-bond donors (Lipinski definition) is 1. The van der Waals surface area contributed by atoms with Crippen molar-refractivity contribution in [3.63, 3.8) is 0 Å². The van der Waals surface area contributed by atoms with Crippen LogP contribution in [-0.4, -0.2) is 11.2 Å². The van der Waals surface area contributed by atoms with E-state index in [9.17, 15) is 0 Å². The van der Waals surface area contributed by atoms with Crippen LogP contribution in [-0.2, 0) is 6.42 Å². The first-order valence-corrected chi connectivity index (χ1v) is 7.11. The number of allylic oxidation sites excluding steroid dienone is 4. The molecule has 2 nitrogen and oxygen atoms in total. The van der Waals surface area contributed by atoms with Gasteiger partial charge >= 0.3 is 0 Å². The van der Waals surface area contributed by atoms with Gasteiger partial charge in [-0.3, -0.25) is 0 Å². The Labute approximate surface area is 115 Å². The first-order chi connectivity index (χ1) is 8.13. The number of nitrogens with two attached hydrogens (primary N) is 1. The van der Waals surface area contributed by atoms with Gasteiger partial charge in [-0.15, -0.1) is 11.8 Å². The summed E-state index contributed by atoms with van der Waals surface area (Å²) in [6.07, 6.45) is 12.5. The maximum absolute atomic E-state index is 5.77. The second kappa shape index (κ2) is 7.35. The van der Waals surface area contributed by atoms with Crippen molar-refractivity contribution in [2.45, 2.75) is 6.42 Å². The lowest BCUT2D eigenvalue weighted by Gasteiger charge is -2.01. The highest BCUT2D eigenvalue weighted by atomic mass is 79.9. The van der Waals surface area contributed by atoms with E-state index in [0.717, 1.165) is 21.4 Å². The Bertz CT molecular complexity index is 453. The molecule has 1 aromatic heterocycles. The minimum atomic E-state index is 0.579. The van der Waals surface area contributed by atoms with Crippen molar-refractivity contribution < 1.29 is 0 Å². The lowest BCUT2D eigenvalue weighted by molar-refractivity contribution is 1.19. The molecule has 2 N–H and O–H groups in total. The van der Waals surface area contributed by atoms with Gasteiger partial charge in [0.05, 0.1) is 0 Å². The number of nitrogen functional groups attached to an aromatic ring is 1. The van der Waals surface area contributed by atoms with E-state index in [4.69, 9.17) is 5.73 Å². The molecule has 1 rings (SSSR count). The maximum Gasteiger partial charge on any atom is 0.126 e. The highest BCUT2D eigenvalue weighted by Gasteiger charge is 1.98. The number of aromatic nitrogens is 1. The molecule has 0 aliphatic heterocycles. The molecule has 4 heteroatoms. The van der Waals surface area contributed by atoms with Crippen molar-refractivity contribution in [1.29, 1.82) is 0 Å². The van der Waals surface area contributed by atoms with E-state index in [1.54, 1.807) is 18.0 Å². The average Bonchev–Trinajstić information content (AvgIpc) is 2.32. The predicted molar refractivity (Wildman–Crippen MR) is 81.0 cm³/mol. The smallest absolute Gasteiger partial charge is 0.126 e. The van der Waals surface area contributed by atoms with Crippen LogP contribution in [0.3, 0.4) is 0 Å². The van der Waals surface area contributed by atoms with Gasteiger partial charge in [0.2, 0.25) is 0 Å². The molecule has 0 aliphatic rings. The Morgan fingerprint density at radius 2 is 2.35 bits per heavy atom. The molecule has 1 aromatic rings.